The summed E-state index contributed by atoms with van der Waals surface area (Å²) < 4.78 is 5.59. The van der Waals surface area contributed by atoms with E-state index in [4.69, 9.17) is 16.3 Å². The lowest BCUT2D eigenvalue weighted by Crippen LogP contribution is -2.48. The molecule has 2 aromatic carbocycles. The van der Waals surface area contributed by atoms with Crippen LogP contribution in [-0.4, -0.2) is 48.5 Å². The van der Waals surface area contributed by atoms with Crippen LogP contribution in [0.3, 0.4) is 0 Å². The van der Waals surface area contributed by atoms with Gasteiger partial charge in [0.15, 0.2) is 0 Å². The average Bonchev–Trinajstić information content (AvgIpc) is 3.37. The summed E-state index contributed by atoms with van der Waals surface area (Å²) in [6.07, 6.45) is 1.94. The van der Waals surface area contributed by atoms with E-state index in [9.17, 15) is 4.79 Å². The predicted molar refractivity (Wildman–Crippen MR) is 110 cm³/mol. The maximum absolute atomic E-state index is 12.9. The number of carbonyl (C=O) groups is 1. The standard InChI is InChI=1S/C23H25ClN2O2/c24-21-4-2-1-3-18(21)19-14-20(19)23(27)26-10-8-25(9-11-26)15-16-5-6-22-17(13-16)7-12-28-22/h1-6,13,19-20H,7-12,14-15H2. The molecule has 28 heavy (non-hydrogen) atoms. The Morgan fingerprint density at radius 2 is 1.93 bits per heavy atom. The summed E-state index contributed by atoms with van der Waals surface area (Å²) in [5, 5.41) is 0.785. The smallest absolute Gasteiger partial charge is 0.226 e. The van der Waals surface area contributed by atoms with E-state index in [1.807, 2.05) is 18.2 Å². The summed E-state index contributed by atoms with van der Waals surface area (Å²) in [5.41, 5.74) is 3.79. The van der Waals surface area contributed by atoms with Gasteiger partial charge in [-0.25, -0.2) is 0 Å². The van der Waals surface area contributed by atoms with Crippen molar-refractivity contribution in [3.05, 3.63) is 64.2 Å². The fourth-order valence-corrected chi connectivity index (χ4v) is 4.82. The Labute approximate surface area is 171 Å². The number of amides is 1. The van der Waals surface area contributed by atoms with Gasteiger partial charge in [0.25, 0.3) is 0 Å². The molecule has 2 atom stereocenters. The lowest BCUT2D eigenvalue weighted by atomic mass is 10.1. The number of benzene rings is 2. The van der Waals surface area contributed by atoms with Crippen molar-refractivity contribution < 1.29 is 9.53 Å². The predicted octanol–water partition coefficient (Wildman–Crippen LogP) is 3.72. The van der Waals surface area contributed by atoms with Gasteiger partial charge in [0, 0.05) is 50.1 Å². The van der Waals surface area contributed by atoms with E-state index in [0.29, 0.717) is 11.8 Å². The van der Waals surface area contributed by atoms with E-state index in [-0.39, 0.29) is 5.92 Å². The molecule has 5 rings (SSSR count). The number of ether oxygens (including phenoxy) is 1. The van der Waals surface area contributed by atoms with Gasteiger partial charge in [0.05, 0.1) is 6.61 Å². The SMILES string of the molecule is O=C(C1CC1c1ccccc1Cl)N1CCN(Cc2ccc3c(c2)CCO3)CC1. The first kappa shape index (κ1) is 18.0. The molecular formula is C23H25ClN2O2. The van der Waals surface area contributed by atoms with Gasteiger partial charge in [0.1, 0.15) is 5.75 Å². The van der Waals surface area contributed by atoms with Crippen molar-refractivity contribution in [3.63, 3.8) is 0 Å². The molecule has 4 nitrogen and oxygen atoms in total. The van der Waals surface area contributed by atoms with Crippen LogP contribution in [0.25, 0.3) is 0 Å². The van der Waals surface area contributed by atoms with E-state index >= 15 is 0 Å². The zero-order chi connectivity index (χ0) is 19.1. The fourth-order valence-electron chi connectivity index (χ4n) is 4.54. The Morgan fingerprint density at radius 1 is 1.11 bits per heavy atom. The summed E-state index contributed by atoms with van der Waals surface area (Å²) in [6.45, 7) is 5.25. The third-order valence-electron chi connectivity index (χ3n) is 6.26. The summed E-state index contributed by atoms with van der Waals surface area (Å²) in [6, 6.07) is 14.5. The van der Waals surface area contributed by atoms with Crippen LogP contribution in [0.15, 0.2) is 42.5 Å². The number of hydrogen-bond acceptors (Lipinski definition) is 3. The molecule has 1 amide bonds. The molecule has 3 aliphatic rings. The van der Waals surface area contributed by atoms with E-state index in [1.165, 1.54) is 11.1 Å². The molecular weight excluding hydrogens is 372 g/mol. The van der Waals surface area contributed by atoms with E-state index in [0.717, 1.165) is 68.5 Å². The van der Waals surface area contributed by atoms with Crippen LogP contribution >= 0.6 is 11.6 Å². The molecule has 0 N–H and O–H groups in total. The van der Waals surface area contributed by atoms with Crippen molar-refractivity contribution in [2.75, 3.05) is 32.8 Å². The van der Waals surface area contributed by atoms with E-state index < -0.39 is 0 Å². The molecule has 2 fully saturated rings. The minimum absolute atomic E-state index is 0.114. The molecule has 2 heterocycles. The van der Waals surface area contributed by atoms with E-state index in [1.54, 1.807) is 0 Å². The first-order chi connectivity index (χ1) is 13.7. The number of hydrogen-bond donors (Lipinski definition) is 0. The number of halogens is 1. The lowest BCUT2D eigenvalue weighted by Gasteiger charge is -2.35. The molecule has 5 heteroatoms. The number of carbonyl (C=O) groups excluding carboxylic acids is 1. The summed E-state index contributed by atoms with van der Waals surface area (Å²) >= 11 is 6.31. The quantitative estimate of drug-likeness (QED) is 0.789. The monoisotopic (exact) mass is 396 g/mol. The zero-order valence-electron chi connectivity index (χ0n) is 15.9. The molecule has 1 saturated carbocycles. The minimum atomic E-state index is 0.114. The molecule has 2 aliphatic heterocycles. The first-order valence-electron chi connectivity index (χ1n) is 10.2. The molecule has 1 saturated heterocycles. The second kappa shape index (κ2) is 7.41. The highest BCUT2D eigenvalue weighted by molar-refractivity contribution is 6.31. The Hall–Kier alpha value is -2.04. The fraction of sp³-hybridized carbons (Fsp3) is 0.435. The molecule has 2 unspecified atom stereocenters. The van der Waals surface area contributed by atoms with E-state index in [2.05, 4.69) is 34.1 Å². The van der Waals surface area contributed by atoms with Crippen molar-refractivity contribution in [3.8, 4) is 5.75 Å². The number of piperazine rings is 1. The molecule has 1 aliphatic carbocycles. The van der Waals surface area contributed by atoms with Gasteiger partial charge in [0.2, 0.25) is 5.91 Å². The van der Waals surface area contributed by atoms with Gasteiger partial charge < -0.3 is 9.64 Å². The Balaban J connectivity index is 1.14. The van der Waals surface area contributed by atoms with Gasteiger partial charge in [-0.2, -0.15) is 0 Å². The number of nitrogens with zero attached hydrogens (tertiary/aromatic N) is 2. The number of rotatable bonds is 4. The summed E-state index contributed by atoms with van der Waals surface area (Å²) in [5.74, 6) is 1.76. The second-order valence-electron chi connectivity index (χ2n) is 8.11. The minimum Gasteiger partial charge on any atom is -0.493 e. The van der Waals surface area contributed by atoms with Gasteiger partial charge >= 0.3 is 0 Å². The maximum atomic E-state index is 12.9. The maximum Gasteiger partial charge on any atom is 0.226 e. The highest BCUT2D eigenvalue weighted by Crippen LogP contribution is 2.50. The highest BCUT2D eigenvalue weighted by Gasteiger charge is 2.46. The topological polar surface area (TPSA) is 32.8 Å². The van der Waals surface area contributed by atoms with Gasteiger partial charge in [-0.3, -0.25) is 9.69 Å². The zero-order valence-corrected chi connectivity index (χ0v) is 16.7. The third kappa shape index (κ3) is 3.51. The normalized spacial score (nSPS) is 24.0. The molecule has 146 valence electrons. The van der Waals surface area contributed by atoms with Crippen molar-refractivity contribution in [2.45, 2.75) is 25.3 Å². The summed E-state index contributed by atoms with van der Waals surface area (Å²) in [4.78, 5) is 17.4. The van der Waals surface area contributed by atoms with Gasteiger partial charge in [-0.15, -0.1) is 0 Å². The molecule has 0 aromatic heterocycles. The first-order valence-corrected chi connectivity index (χ1v) is 10.6. The molecule has 0 spiro atoms. The Morgan fingerprint density at radius 3 is 2.75 bits per heavy atom. The molecule has 2 aromatic rings. The lowest BCUT2D eigenvalue weighted by molar-refractivity contribution is -0.134. The van der Waals surface area contributed by atoms with Crippen LogP contribution < -0.4 is 4.74 Å². The van der Waals surface area contributed by atoms with Crippen molar-refractivity contribution in [2.24, 2.45) is 5.92 Å². The largest absolute Gasteiger partial charge is 0.493 e. The van der Waals surface area contributed by atoms with Gasteiger partial charge in [-0.1, -0.05) is 41.9 Å². The van der Waals surface area contributed by atoms with Crippen LogP contribution in [0.5, 0.6) is 5.75 Å². The highest BCUT2D eigenvalue weighted by atomic mass is 35.5. The van der Waals surface area contributed by atoms with Crippen LogP contribution in [-0.2, 0) is 17.8 Å². The second-order valence-corrected chi connectivity index (χ2v) is 8.52. The van der Waals surface area contributed by atoms with Crippen LogP contribution in [0.4, 0.5) is 0 Å². The van der Waals surface area contributed by atoms with Crippen LogP contribution in [0, 0.1) is 5.92 Å². The van der Waals surface area contributed by atoms with Crippen molar-refractivity contribution in [1.29, 1.82) is 0 Å². The molecule has 0 radical (unpaired) electrons. The van der Waals surface area contributed by atoms with Gasteiger partial charge in [-0.05, 0) is 41.2 Å². The number of fused-ring (bicyclic) bond motifs is 1. The summed E-state index contributed by atoms with van der Waals surface area (Å²) in [7, 11) is 0. The Bertz CT molecular complexity index is 892. The average molecular weight is 397 g/mol. The van der Waals surface area contributed by atoms with Crippen molar-refractivity contribution >= 4 is 17.5 Å². The van der Waals surface area contributed by atoms with Crippen LogP contribution in [0.1, 0.15) is 29.0 Å². The molecule has 0 bridgehead atoms. The third-order valence-corrected chi connectivity index (χ3v) is 6.60. The van der Waals surface area contributed by atoms with Crippen molar-refractivity contribution in [1.82, 2.24) is 9.80 Å². The Kier molecular flexibility index (Phi) is 4.77. The van der Waals surface area contributed by atoms with Crippen LogP contribution in [0.2, 0.25) is 5.02 Å².